The van der Waals surface area contributed by atoms with Gasteiger partial charge < -0.3 is 10.6 Å². The second-order valence-electron chi connectivity index (χ2n) is 4.53. The Hall–Kier alpha value is -0.770. The molecule has 0 spiro atoms. The number of nitrogens with zero attached hydrogens (tertiary/aromatic N) is 1. The number of carbonyl (C=O) groups is 1. The molecule has 0 bridgehead atoms. The number of nitrogens with two attached hydrogens (primary N) is 1. The van der Waals surface area contributed by atoms with Gasteiger partial charge in [-0.15, -0.1) is 0 Å². The van der Waals surface area contributed by atoms with Gasteiger partial charge in [0.05, 0.1) is 15.6 Å². The molecule has 1 aliphatic rings. The Morgan fingerprint density at radius 1 is 1.47 bits per heavy atom. The Morgan fingerprint density at radius 2 is 2.12 bits per heavy atom. The summed E-state index contributed by atoms with van der Waals surface area (Å²) in [6, 6.07) is 5.39. The second kappa shape index (κ2) is 4.48. The zero-order valence-corrected chi connectivity index (χ0v) is 11.1. The van der Waals surface area contributed by atoms with Gasteiger partial charge in [-0.3, -0.25) is 4.79 Å². The third kappa shape index (κ3) is 2.57. The Balaban J connectivity index is 2.10. The summed E-state index contributed by atoms with van der Waals surface area (Å²) in [4.78, 5) is 13.6. The molecule has 1 amide bonds. The van der Waals surface area contributed by atoms with Gasteiger partial charge in [0.1, 0.15) is 0 Å². The van der Waals surface area contributed by atoms with E-state index in [9.17, 15) is 4.79 Å². The molecule has 5 heteroatoms. The van der Waals surface area contributed by atoms with E-state index in [1.54, 1.807) is 18.0 Å². The van der Waals surface area contributed by atoms with Gasteiger partial charge in [0.2, 0.25) is 5.91 Å². The van der Waals surface area contributed by atoms with Crippen LogP contribution in [0.5, 0.6) is 0 Å². The van der Waals surface area contributed by atoms with Crippen LogP contribution in [0.15, 0.2) is 18.2 Å². The largest absolute Gasteiger partial charge is 0.340 e. The van der Waals surface area contributed by atoms with Gasteiger partial charge in [0.25, 0.3) is 0 Å². The molecule has 0 aliphatic heterocycles. The van der Waals surface area contributed by atoms with Crippen LogP contribution in [0, 0.1) is 0 Å². The first-order chi connectivity index (χ1) is 7.94. The van der Waals surface area contributed by atoms with Crippen LogP contribution < -0.4 is 5.73 Å². The maximum Gasteiger partial charge on any atom is 0.242 e. The lowest BCUT2D eigenvalue weighted by Gasteiger charge is -2.21. The zero-order valence-electron chi connectivity index (χ0n) is 9.54. The standard InChI is InChI=1S/C12H14Cl2N2O/c1-16(11(17)12(15)5-6-12)7-8-3-2-4-9(13)10(8)14/h2-4H,5-7,15H2,1H3. The molecule has 2 rings (SSSR count). The molecule has 1 saturated carbocycles. The lowest BCUT2D eigenvalue weighted by Crippen LogP contribution is -2.43. The fourth-order valence-corrected chi connectivity index (χ4v) is 2.11. The van der Waals surface area contributed by atoms with Crippen LogP contribution in [0.1, 0.15) is 18.4 Å². The topological polar surface area (TPSA) is 46.3 Å². The average Bonchev–Trinajstić information content (AvgIpc) is 3.03. The second-order valence-corrected chi connectivity index (χ2v) is 5.32. The lowest BCUT2D eigenvalue weighted by molar-refractivity contribution is -0.132. The summed E-state index contributed by atoms with van der Waals surface area (Å²) in [6.07, 6.45) is 1.53. The van der Waals surface area contributed by atoms with Gasteiger partial charge >= 0.3 is 0 Å². The molecule has 1 fully saturated rings. The molecule has 1 aliphatic carbocycles. The van der Waals surface area contributed by atoms with E-state index in [0.29, 0.717) is 16.6 Å². The van der Waals surface area contributed by atoms with Gasteiger partial charge in [-0.25, -0.2) is 0 Å². The van der Waals surface area contributed by atoms with E-state index in [-0.39, 0.29) is 5.91 Å². The summed E-state index contributed by atoms with van der Waals surface area (Å²) in [7, 11) is 1.73. The summed E-state index contributed by atoms with van der Waals surface area (Å²) < 4.78 is 0. The van der Waals surface area contributed by atoms with Gasteiger partial charge in [-0.1, -0.05) is 35.3 Å². The zero-order chi connectivity index (χ0) is 12.6. The Morgan fingerprint density at radius 3 is 2.71 bits per heavy atom. The molecular weight excluding hydrogens is 259 g/mol. The van der Waals surface area contributed by atoms with E-state index < -0.39 is 5.54 Å². The van der Waals surface area contributed by atoms with Crippen molar-refractivity contribution in [3.8, 4) is 0 Å². The molecule has 0 heterocycles. The Kier molecular flexibility index (Phi) is 3.34. The average molecular weight is 273 g/mol. The highest BCUT2D eigenvalue weighted by Crippen LogP contribution is 2.34. The molecular formula is C12H14Cl2N2O. The number of likely N-dealkylation sites (N-methyl/N-ethyl adjacent to an activating group) is 1. The molecule has 1 aromatic rings. The van der Waals surface area contributed by atoms with Crippen LogP contribution >= 0.6 is 23.2 Å². The van der Waals surface area contributed by atoms with Crippen LogP contribution in [0.4, 0.5) is 0 Å². The monoisotopic (exact) mass is 272 g/mol. The molecule has 0 atom stereocenters. The van der Waals surface area contributed by atoms with Crippen molar-refractivity contribution in [1.82, 2.24) is 4.90 Å². The predicted octanol–water partition coefficient (Wildman–Crippen LogP) is 2.44. The van der Waals surface area contributed by atoms with Gasteiger partial charge in [0.15, 0.2) is 0 Å². The molecule has 3 nitrogen and oxygen atoms in total. The molecule has 0 unspecified atom stereocenters. The van der Waals surface area contributed by atoms with Crippen LogP contribution in [0.25, 0.3) is 0 Å². The first-order valence-corrected chi connectivity index (χ1v) is 6.17. The highest BCUT2D eigenvalue weighted by molar-refractivity contribution is 6.42. The number of rotatable bonds is 3. The highest BCUT2D eigenvalue weighted by atomic mass is 35.5. The fourth-order valence-electron chi connectivity index (χ4n) is 1.73. The number of carbonyl (C=O) groups excluding carboxylic acids is 1. The van der Waals surface area contributed by atoms with Crippen molar-refractivity contribution in [2.45, 2.75) is 24.9 Å². The van der Waals surface area contributed by atoms with Gasteiger partial charge in [-0.05, 0) is 24.5 Å². The van der Waals surface area contributed by atoms with Gasteiger partial charge in [0, 0.05) is 13.6 Å². The minimum absolute atomic E-state index is 0.0338. The predicted molar refractivity (Wildman–Crippen MR) is 69.1 cm³/mol. The minimum atomic E-state index is -0.639. The van der Waals surface area contributed by atoms with Crippen molar-refractivity contribution in [3.05, 3.63) is 33.8 Å². The lowest BCUT2D eigenvalue weighted by atomic mass is 10.2. The number of benzene rings is 1. The van der Waals surface area contributed by atoms with E-state index >= 15 is 0 Å². The minimum Gasteiger partial charge on any atom is -0.340 e. The third-order valence-electron chi connectivity index (χ3n) is 3.00. The summed E-state index contributed by atoms with van der Waals surface area (Å²) in [5, 5.41) is 0.995. The van der Waals surface area contributed by atoms with E-state index in [0.717, 1.165) is 18.4 Å². The number of amides is 1. The molecule has 92 valence electrons. The van der Waals surface area contributed by atoms with Crippen molar-refractivity contribution < 1.29 is 4.79 Å². The normalized spacial score (nSPS) is 16.7. The highest BCUT2D eigenvalue weighted by Gasteiger charge is 2.47. The molecule has 1 aromatic carbocycles. The summed E-state index contributed by atoms with van der Waals surface area (Å²) in [5.74, 6) is -0.0338. The first kappa shape index (κ1) is 12.7. The van der Waals surface area contributed by atoms with Crippen molar-refractivity contribution in [1.29, 1.82) is 0 Å². The Labute approximate surface area is 110 Å². The number of hydrogen-bond donors (Lipinski definition) is 1. The summed E-state index contributed by atoms with van der Waals surface area (Å²) >= 11 is 12.0. The van der Waals surface area contributed by atoms with Crippen LogP contribution in [0.2, 0.25) is 10.0 Å². The molecule has 2 N–H and O–H groups in total. The first-order valence-electron chi connectivity index (χ1n) is 5.41. The van der Waals surface area contributed by atoms with Crippen molar-refractivity contribution in [2.75, 3.05) is 7.05 Å². The maximum atomic E-state index is 12.0. The van der Waals surface area contributed by atoms with E-state index in [1.807, 2.05) is 12.1 Å². The number of hydrogen-bond acceptors (Lipinski definition) is 2. The van der Waals surface area contributed by atoms with E-state index in [4.69, 9.17) is 28.9 Å². The maximum absolute atomic E-state index is 12.0. The van der Waals surface area contributed by atoms with E-state index in [2.05, 4.69) is 0 Å². The quantitative estimate of drug-likeness (QED) is 0.919. The van der Waals surface area contributed by atoms with Crippen molar-refractivity contribution >= 4 is 29.1 Å². The van der Waals surface area contributed by atoms with Crippen molar-refractivity contribution in [3.63, 3.8) is 0 Å². The Bertz CT molecular complexity index is 458. The van der Waals surface area contributed by atoms with Crippen molar-refractivity contribution in [2.24, 2.45) is 5.73 Å². The molecule has 17 heavy (non-hydrogen) atoms. The fraction of sp³-hybridized carbons (Fsp3) is 0.417. The van der Waals surface area contributed by atoms with E-state index in [1.165, 1.54) is 0 Å². The smallest absolute Gasteiger partial charge is 0.242 e. The molecule has 0 radical (unpaired) electrons. The third-order valence-corrected chi connectivity index (χ3v) is 3.86. The molecule has 0 saturated heterocycles. The summed E-state index contributed by atoms with van der Waals surface area (Å²) in [6.45, 7) is 0.428. The van der Waals surface area contributed by atoms with Gasteiger partial charge in [-0.2, -0.15) is 0 Å². The summed E-state index contributed by atoms with van der Waals surface area (Å²) in [5.41, 5.74) is 6.06. The SMILES string of the molecule is CN(Cc1cccc(Cl)c1Cl)C(=O)C1(N)CC1. The van der Waals surface area contributed by atoms with Crippen LogP contribution in [0.3, 0.4) is 0 Å². The van der Waals surface area contributed by atoms with Crippen LogP contribution in [-0.4, -0.2) is 23.4 Å². The molecule has 0 aromatic heterocycles. The van der Waals surface area contributed by atoms with Crippen LogP contribution in [-0.2, 0) is 11.3 Å². The number of halogens is 2.